The van der Waals surface area contributed by atoms with Crippen molar-refractivity contribution in [1.82, 2.24) is 4.98 Å². The van der Waals surface area contributed by atoms with Crippen molar-refractivity contribution in [2.24, 2.45) is 4.99 Å². The molecule has 2 rings (SSSR count). The van der Waals surface area contributed by atoms with E-state index in [1.807, 2.05) is 24.4 Å². The van der Waals surface area contributed by atoms with Crippen LogP contribution in [0.4, 0.5) is 5.82 Å². The Balaban J connectivity index is 2.27. The molecule has 1 aromatic heterocycles. The summed E-state index contributed by atoms with van der Waals surface area (Å²) >= 11 is 0. The summed E-state index contributed by atoms with van der Waals surface area (Å²) in [4.78, 5) is 8.49. The molecular formula is C14H14N2. The van der Waals surface area contributed by atoms with Crippen LogP contribution in [0.5, 0.6) is 0 Å². The van der Waals surface area contributed by atoms with E-state index in [1.165, 1.54) is 11.1 Å². The smallest absolute Gasteiger partial charge is 0.151 e. The lowest BCUT2D eigenvalue weighted by molar-refractivity contribution is 1.28. The van der Waals surface area contributed by atoms with Gasteiger partial charge in [0.2, 0.25) is 0 Å². The highest BCUT2D eigenvalue weighted by Gasteiger charge is 1.95. The predicted octanol–water partition coefficient (Wildman–Crippen LogP) is 3.45. The van der Waals surface area contributed by atoms with Crippen molar-refractivity contribution in [3.63, 3.8) is 0 Å². The highest BCUT2D eigenvalue weighted by Crippen LogP contribution is 2.10. The number of benzene rings is 1. The van der Waals surface area contributed by atoms with Crippen molar-refractivity contribution in [2.75, 3.05) is 0 Å². The van der Waals surface area contributed by atoms with Gasteiger partial charge in [-0.15, -0.1) is 0 Å². The van der Waals surface area contributed by atoms with Crippen LogP contribution in [0.1, 0.15) is 16.7 Å². The fourth-order valence-electron chi connectivity index (χ4n) is 1.46. The van der Waals surface area contributed by atoms with E-state index in [2.05, 4.69) is 42.0 Å². The van der Waals surface area contributed by atoms with E-state index in [9.17, 15) is 0 Å². The molecule has 0 aliphatic rings. The molecule has 0 N–H and O–H groups in total. The highest BCUT2D eigenvalue weighted by atomic mass is 14.9. The van der Waals surface area contributed by atoms with Crippen molar-refractivity contribution >= 4 is 12.0 Å². The third-order valence-electron chi connectivity index (χ3n) is 2.42. The van der Waals surface area contributed by atoms with Gasteiger partial charge in [0, 0.05) is 12.4 Å². The second-order valence-corrected chi connectivity index (χ2v) is 3.81. The summed E-state index contributed by atoms with van der Waals surface area (Å²) in [6.45, 7) is 4.16. The van der Waals surface area contributed by atoms with Crippen LogP contribution in [-0.2, 0) is 0 Å². The Bertz CT molecular complexity index is 501. The lowest BCUT2D eigenvalue weighted by Crippen LogP contribution is -1.88. The first-order valence-corrected chi connectivity index (χ1v) is 5.28. The average molecular weight is 210 g/mol. The standard InChI is InChI=1S/C14H14N2/c1-11-6-7-12(2)13(9-11)10-16-14-5-3-4-8-15-14/h3-10H,1-2H3. The third-order valence-corrected chi connectivity index (χ3v) is 2.42. The molecule has 0 aliphatic heterocycles. The number of aromatic nitrogens is 1. The molecular weight excluding hydrogens is 196 g/mol. The Hall–Kier alpha value is -1.96. The number of pyridine rings is 1. The zero-order valence-electron chi connectivity index (χ0n) is 9.51. The van der Waals surface area contributed by atoms with Gasteiger partial charge in [0.15, 0.2) is 5.82 Å². The number of aliphatic imine (C=N–C) groups is 1. The van der Waals surface area contributed by atoms with Gasteiger partial charge in [-0.05, 0) is 37.1 Å². The molecule has 2 heteroatoms. The summed E-state index contributed by atoms with van der Waals surface area (Å²) < 4.78 is 0. The van der Waals surface area contributed by atoms with Gasteiger partial charge in [0.25, 0.3) is 0 Å². The topological polar surface area (TPSA) is 25.2 Å². The molecule has 0 atom stereocenters. The fourth-order valence-corrected chi connectivity index (χ4v) is 1.46. The zero-order valence-corrected chi connectivity index (χ0v) is 9.51. The van der Waals surface area contributed by atoms with Gasteiger partial charge in [-0.3, -0.25) is 0 Å². The predicted molar refractivity (Wildman–Crippen MR) is 67.4 cm³/mol. The third kappa shape index (κ3) is 2.54. The van der Waals surface area contributed by atoms with E-state index in [-0.39, 0.29) is 0 Å². The molecule has 0 fully saturated rings. The molecule has 0 saturated carbocycles. The second-order valence-electron chi connectivity index (χ2n) is 3.81. The van der Waals surface area contributed by atoms with Crippen LogP contribution >= 0.6 is 0 Å². The lowest BCUT2D eigenvalue weighted by atomic mass is 10.1. The number of rotatable bonds is 2. The molecule has 0 amide bonds. The molecule has 2 nitrogen and oxygen atoms in total. The Morgan fingerprint density at radius 2 is 2.00 bits per heavy atom. The first-order chi connectivity index (χ1) is 7.75. The minimum absolute atomic E-state index is 0.739. The molecule has 0 spiro atoms. The first-order valence-electron chi connectivity index (χ1n) is 5.28. The van der Waals surface area contributed by atoms with E-state index in [1.54, 1.807) is 6.20 Å². The van der Waals surface area contributed by atoms with Crippen molar-refractivity contribution in [2.45, 2.75) is 13.8 Å². The SMILES string of the molecule is Cc1ccc(C)c(C=Nc2ccccn2)c1. The zero-order chi connectivity index (χ0) is 11.4. The van der Waals surface area contributed by atoms with E-state index in [0.717, 1.165) is 11.4 Å². The van der Waals surface area contributed by atoms with Gasteiger partial charge in [-0.1, -0.05) is 29.8 Å². The summed E-state index contributed by atoms with van der Waals surface area (Å²) in [5.41, 5.74) is 3.61. The maximum atomic E-state index is 4.34. The van der Waals surface area contributed by atoms with Crippen LogP contribution in [-0.4, -0.2) is 11.2 Å². The van der Waals surface area contributed by atoms with Crippen molar-refractivity contribution < 1.29 is 0 Å². The fraction of sp³-hybridized carbons (Fsp3) is 0.143. The summed E-state index contributed by atoms with van der Waals surface area (Å²) in [5.74, 6) is 0.739. The average Bonchev–Trinajstić information content (AvgIpc) is 2.32. The van der Waals surface area contributed by atoms with Crippen LogP contribution in [0, 0.1) is 13.8 Å². The Kier molecular flexibility index (Phi) is 3.10. The Labute approximate surface area is 95.7 Å². The number of hydrogen-bond acceptors (Lipinski definition) is 2. The quantitative estimate of drug-likeness (QED) is 0.697. The van der Waals surface area contributed by atoms with Gasteiger partial charge >= 0.3 is 0 Å². The van der Waals surface area contributed by atoms with E-state index in [4.69, 9.17) is 0 Å². The maximum absolute atomic E-state index is 4.34. The highest BCUT2D eigenvalue weighted by molar-refractivity contribution is 5.83. The van der Waals surface area contributed by atoms with Crippen LogP contribution < -0.4 is 0 Å². The first kappa shape index (κ1) is 10.6. The van der Waals surface area contributed by atoms with Crippen LogP contribution in [0.2, 0.25) is 0 Å². The molecule has 0 saturated heterocycles. The second kappa shape index (κ2) is 4.71. The minimum atomic E-state index is 0.739. The largest absolute Gasteiger partial charge is 0.237 e. The summed E-state index contributed by atoms with van der Waals surface area (Å²) in [5, 5.41) is 0. The van der Waals surface area contributed by atoms with Gasteiger partial charge < -0.3 is 0 Å². The monoisotopic (exact) mass is 210 g/mol. The van der Waals surface area contributed by atoms with Gasteiger partial charge in [0.05, 0.1) is 0 Å². The van der Waals surface area contributed by atoms with E-state index < -0.39 is 0 Å². The van der Waals surface area contributed by atoms with Crippen LogP contribution in [0.3, 0.4) is 0 Å². The molecule has 16 heavy (non-hydrogen) atoms. The van der Waals surface area contributed by atoms with E-state index >= 15 is 0 Å². The molecule has 1 heterocycles. The molecule has 0 unspecified atom stereocenters. The van der Waals surface area contributed by atoms with Crippen molar-refractivity contribution in [1.29, 1.82) is 0 Å². The van der Waals surface area contributed by atoms with Crippen molar-refractivity contribution in [3.8, 4) is 0 Å². The summed E-state index contributed by atoms with van der Waals surface area (Å²) in [7, 11) is 0. The lowest BCUT2D eigenvalue weighted by Gasteiger charge is -2.00. The molecule has 1 aromatic carbocycles. The van der Waals surface area contributed by atoms with Gasteiger partial charge in [0.1, 0.15) is 0 Å². The van der Waals surface area contributed by atoms with E-state index in [0.29, 0.717) is 0 Å². The molecule has 0 bridgehead atoms. The summed E-state index contributed by atoms with van der Waals surface area (Å²) in [6, 6.07) is 12.0. The van der Waals surface area contributed by atoms with Gasteiger partial charge in [-0.2, -0.15) is 0 Å². The number of hydrogen-bond donors (Lipinski definition) is 0. The van der Waals surface area contributed by atoms with Crippen LogP contribution in [0.25, 0.3) is 0 Å². The Morgan fingerprint density at radius 3 is 2.75 bits per heavy atom. The Morgan fingerprint density at radius 1 is 1.12 bits per heavy atom. The molecule has 0 aliphatic carbocycles. The van der Waals surface area contributed by atoms with Crippen LogP contribution in [0.15, 0.2) is 47.6 Å². The van der Waals surface area contributed by atoms with Gasteiger partial charge in [-0.25, -0.2) is 9.98 Å². The molecule has 80 valence electrons. The minimum Gasteiger partial charge on any atom is -0.237 e. The number of aryl methyl sites for hydroxylation is 2. The molecule has 0 radical (unpaired) electrons. The summed E-state index contributed by atoms with van der Waals surface area (Å²) in [6.07, 6.45) is 3.61. The maximum Gasteiger partial charge on any atom is 0.151 e. The number of nitrogens with zero attached hydrogens (tertiary/aromatic N) is 2. The molecule has 2 aromatic rings. The normalized spacial score (nSPS) is 10.9. The van der Waals surface area contributed by atoms with Crippen molar-refractivity contribution in [3.05, 3.63) is 59.3 Å².